The average Bonchev–Trinajstić information content (AvgIpc) is 2.43. The third-order valence-electron chi connectivity index (χ3n) is 3.84. The van der Waals surface area contributed by atoms with Gasteiger partial charge in [0.05, 0.1) is 6.10 Å². The third kappa shape index (κ3) is 3.45. The zero-order valence-electron chi connectivity index (χ0n) is 11.9. The number of aliphatic hydroxyl groups excluding tert-OH is 1. The first kappa shape index (κ1) is 15.6. The molecule has 112 valence electrons. The molecule has 4 heteroatoms. The minimum atomic E-state index is -0.931. The van der Waals surface area contributed by atoms with Gasteiger partial charge in [-0.1, -0.05) is 26.0 Å². The van der Waals surface area contributed by atoms with Gasteiger partial charge in [0.25, 0.3) is 0 Å². The van der Waals surface area contributed by atoms with E-state index in [1.165, 1.54) is 12.1 Å². The quantitative estimate of drug-likeness (QED) is 0.904. The van der Waals surface area contributed by atoms with Crippen molar-refractivity contribution in [2.24, 2.45) is 0 Å². The van der Waals surface area contributed by atoms with E-state index in [1.54, 1.807) is 26.0 Å². The van der Waals surface area contributed by atoms with Gasteiger partial charge in [-0.05, 0) is 41.5 Å². The first-order valence-electron chi connectivity index (χ1n) is 6.69. The van der Waals surface area contributed by atoms with E-state index in [0.29, 0.717) is 0 Å². The average molecular weight is 294 g/mol. The number of halogens is 3. The lowest BCUT2D eigenvalue weighted by Gasteiger charge is -2.31. The Morgan fingerprint density at radius 1 is 0.952 bits per heavy atom. The van der Waals surface area contributed by atoms with Crippen LogP contribution in [0.15, 0.2) is 42.5 Å². The summed E-state index contributed by atoms with van der Waals surface area (Å²) in [7, 11) is 0. The van der Waals surface area contributed by atoms with Crippen LogP contribution in [0.1, 0.15) is 25.0 Å². The maximum atomic E-state index is 13.6. The third-order valence-corrected chi connectivity index (χ3v) is 3.84. The molecule has 0 aliphatic carbocycles. The Bertz CT molecular complexity index is 620. The Hall–Kier alpha value is -1.81. The summed E-state index contributed by atoms with van der Waals surface area (Å²) >= 11 is 0. The highest BCUT2D eigenvalue weighted by molar-refractivity contribution is 5.28. The van der Waals surface area contributed by atoms with E-state index >= 15 is 0 Å². The number of benzene rings is 2. The summed E-state index contributed by atoms with van der Waals surface area (Å²) in [5, 5.41) is 10.4. The van der Waals surface area contributed by atoms with E-state index in [4.69, 9.17) is 0 Å². The Morgan fingerprint density at radius 3 is 2.14 bits per heavy atom. The maximum absolute atomic E-state index is 13.6. The minimum absolute atomic E-state index is 0.0199. The second-order valence-electron chi connectivity index (χ2n) is 5.68. The van der Waals surface area contributed by atoms with Crippen LogP contribution in [0.3, 0.4) is 0 Å². The molecule has 2 aromatic rings. The fraction of sp³-hybridized carbons (Fsp3) is 0.294. The number of aliphatic hydroxyl groups is 1. The molecular weight excluding hydrogens is 277 g/mol. The maximum Gasteiger partial charge on any atom is 0.126 e. The molecule has 0 fully saturated rings. The van der Waals surface area contributed by atoms with Crippen molar-refractivity contribution in [1.82, 2.24) is 0 Å². The summed E-state index contributed by atoms with van der Waals surface area (Å²) in [6.07, 6.45) is -0.951. The molecule has 0 aliphatic rings. The molecule has 0 saturated heterocycles. The second kappa shape index (κ2) is 5.90. The molecule has 0 saturated carbocycles. The van der Waals surface area contributed by atoms with E-state index < -0.39 is 23.2 Å². The predicted octanol–water partition coefficient (Wildman–Crippen LogP) is 3.99. The Labute approximate surface area is 122 Å². The van der Waals surface area contributed by atoms with E-state index in [9.17, 15) is 18.3 Å². The zero-order valence-corrected chi connectivity index (χ0v) is 11.9. The fourth-order valence-electron chi connectivity index (χ4n) is 2.24. The zero-order chi connectivity index (χ0) is 15.6. The highest BCUT2D eigenvalue weighted by atomic mass is 19.1. The van der Waals surface area contributed by atoms with Crippen molar-refractivity contribution in [3.63, 3.8) is 0 Å². The number of hydrogen-bond acceptors (Lipinski definition) is 1. The number of rotatable bonds is 4. The molecule has 0 radical (unpaired) electrons. The van der Waals surface area contributed by atoms with Crippen LogP contribution in [-0.2, 0) is 11.8 Å². The molecule has 1 N–H and O–H groups in total. The normalized spacial score (nSPS) is 13.2. The summed E-state index contributed by atoms with van der Waals surface area (Å²) in [4.78, 5) is 0. The fourth-order valence-corrected chi connectivity index (χ4v) is 2.24. The molecule has 0 aromatic heterocycles. The van der Waals surface area contributed by atoms with Crippen molar-refractivity contribution in [3.8, 4) is 0 Å². The largest absolute Gasteiger partial charge is 0.392 e. The topological polar surface area (TPSA) is 20.2 Å². The number of hydrogen-bond donors (Lipinski definition) is 1. The first-order chi connectivity index (χ1) is 9.80. The van der Waals surface area contributed by atoms with Crippen molar-refractivity contribution >= 4 is 0 Å². The van der Waals surface area contributed by atoms with Gasteiger partial charge in [0.1, 0.15) is 17.5 Å². The molecule has 0 heterocycles. The SMILES string of the molecule is CC(C)(c1ccc(F)cc1)C(O)Cc1cc(F)ccc1F. The molecule has 1 atom stereocenters. The molecule has 2 rings (SSSR count). The van der Waals surface area contributed by atoms with E-state index in [-0.39, 0.29) is 17.8 Å². The highest BCUT2D eigenvalue weighted by Crippen LogP contribution is 2.30. The van der Waals surface area contributed by atoms with Gasteiger partial charge in [0.2, 0.25) is 0 Å². The Balaban J connectivity index is 2.23. The molecule has 21 heavy (non-hydrogen) atoms. The van der Waals surface area contributed by atoms with Gasteiger partial charge in [-0.25, -0.2) is 13.2 Å². The second-order valence-corrected chi connectivity index (χ2v) is 5.68. The van der Waals surface area contributed by atoms with Crippen molar-refractivity contribution in [2.75, 3.05) is 0 Å². The minimum Gasteiger partial charge on any atom is -0.392 e. The lowest BCUT2D eigenvalue weighted by molar-refractivity contribution is 0.0990. The van der Waals surface area contributed by atoms with Crippen LogP contribution in [0.2, 0.25) is 0 Å². The summed E-state index contributed by atoms with van der Waals surface area (Å²) in [6, 6.07) is 8.96. The van der Waals surface area contributed by atoms with Gasteiger partial charge < -0.3 is 5.11 Å². The summed E-state index contributed by atoms with van der Waals surface area (Å²) < 4.78 is 39.8. The summed E-state index contributed by atoms with van der Waals surface area (Å²) in [5.41, 5.74) is 0.137. The van der Waals surface area contributed by atoms with E-state index in [2.05, 4.69) is 0 Å². The van der Waals surface area contributed by atoms with Crippen LogP contribution in [0.5, 0.6) is 0 Å². The van der Waals surface area contributed by atoms with Gasteiger partial charge in [0, 0.05) is 11.8 Å². The van der Waals surface area contributed by atoms with Gasteiger partial charge in [-0.2, -0.15) is 0 Å². The van der Waals surface area contributed by atoms with Gasteiger partial charge in [0.15, 0.2) is 0 Å². The van der Waals surface area contributed by atoms with Crippen LogP contribution in [0.25, 0.3) is 0 Å². The van der Waals surface area contributed by atoms with Crippen LogP contribution >= 0.6 is 0 Å². The van der Waals surface area contributed by atoms with E-state index in [0.717, 1.165) is 23.8 Å². The Kier molecular flexibility index (Phi) is 4.37. The van der Waals surface area contributed by atoms with Gasteiger partial charge in [-0.15, -0.1) is 0 Å². The Morgan fingerprint density at radius 2 is 1.52 bits per heavy atom. The lowest BCUT2D eigenvalue weighted by Crippen LogP contribution is -2.35. The molecule has 2 aromatic carbocycles. The van der Waals surface area contributed by atoms with Crippen LogP contribution < -0.4 is 0 Å². The van der Waals surface area contributed by atoms with Gasteiger partial charge >= 0.3 is 0 Å². The highest BCUT2D eigenvalue weighted by Gasteiger charge is 2.30. The predicted molar refractivity (Wildman–Crippen MR) is 75.5 cm³/mol. The lowest BCUT2D eigenvalue weighted by atomic mass is 9.77. The molecular formula is C17H17F3O. The van der Waals surface area contributed by atoms with Crippen molar-refractivity contribution in [1.29, 1.82) is 0 Å². The monoisotopic (exact) mass is 294 g/mol. The first-order valence-corrected chi connectivity index (χ1v) is 6.69. The molecule has 0 aliphatic heterocycles. The van der Waals surface area contributed by atoms with E-state index in [1.807, 2.05) is 0 Å². The summed E-state index contributed by atoms with van der Waals surface area (Å²) in [5.74, 6) is -1.45. The molecule has 1 unspecified atom stereocenters. The molecule has 0 bridgehead atoms. The summed E-state index contributed by atoms with van der Waals surface area (Å²) in [6.45, 7) is 3.56. The molecule has 0 spiro atoms. The van der Waals surface area contributed by atoms with Gasteiger partial charge in [-0.3, -0.25) is 0 Å². The smallest absolute Gasteiger partial charge is 0.126 e. The van der Waals surface area contributed by atoms with Crippen molar-refractivity contribution < 1.29 is 18.3 Å². The van der Waals surface area contributed by atoms with Crippen LogP contribution in [-0.4, -0.2) is 11.2 Å². The van der Waals surface area contributed by atoms with Crippen molar-refractivity contribution in [2.45, 2.75) is 31.8 Å². The molecule has 0 amide bonds. The standard InChI is InChI=1S/C17H17F3O/c1-17(2,12-3-5-13(18)6-4-12)16(21)10-11-9-14(19)7-8-15(11)20/h3-9,16,21H,10H2,1-2H3. The van der Waals surface area contributed by atoms with Crippen LogP contribution in [0.4, 0.5) is 13.2 Å². The van der Waals surface area contributed by atoms with Crippen molar-refractivity contribution in [3.05, 3.63) is 71.0 Å². The molecule has 1 nitrogen and oxygen atoms in total. The van der Waals surface area contributed by atoms with Crippen LogP contribution in [0, 0.1) is 17.5 Å².